The molecular weight excluding hydrogens is 352 g/mol. The Balaban J connectivity index is 0.00000180. The second kappa shape index (κ2) is 7.04. The van der Waals surface area contributed by atoms with Crippen LogP contribution < -0.4 is 10.0 Å². The zero-order valence-corrected chi connectivity index (χ0v) is 13.8. The van der Waals surface area contributed by atoms with E-state index in [0.717, 1.165) is 23.9 Å². The maximum absolute atomic E-state index is 12.2. The summed E-state index contributed by atoms with van der Waals surface area (Å²) in [5.74, 6) is 0. The molecule has 2 atom stereocenters. The minimum absolute atomic E-state index is 0. The molecule has 1 fully saturated rings. The number of rotatable bonds is 3. The molecule has 1 aromatic rings. The molecule has 4 nitrogen and oxygen atoms in total. The van der Waals surface area contributed by atoms with Gasteiger partial charge in [0.15, 0.2) is 0 Å². The zero-order valence-electron chi connectivity index (χ0n) is 10.6. The molecule has 1 aromatic carbocycles. The molecule has 7 heteroatoms. The number of halogens is 2. The van der Waals surface area contributed by atoms with Crippen LogP contribution >= 0.6 is 28.3 Å². The Labute approximate surface area is 128 Å². The van der Waals surface area contributed by atoms with Gasteiger partial charge in [0, 0.05) is 16.6 Å². The molecule has 1 aliphatic rings. The summed E-state index contributed by atoms with van der Waals surface area (Å²) in [4.78, 5) is 0.317. The molecule has 0 amide bonds. The van der Waals surface area contributed by atoms with Gasteiger partial charge in [0.25, 0.3) is 0 Å². The highest BCUT2D eigenvalue weighted by Crippen LogP contribution is 2.17. The molecule has 0 spiro atoms. The van der Waals surface area contributed by atoms with E-state index in [1.807, 2.05) is 0 Å². The number of benzene rings is 1. The van der Waals surface area contributed by atoms with Crippen molar-refractivity contribution < 1.29 is 8.42 Å². The van der Waals surface area contributed by atoms with Crippen molar-refractivity contribution in [3.63, 3.8) is 0 Å². The van der Waals surface area contributed by atoms with E-state index in [1.54, 1.807) is 24.3 Å². The highest BCUT2D eigenvalue weighted by Gasteiger charge is 2.24. The second-order valence-corrected chi connectivity index (χ2v) is 7.28. The van der Waals surface area contributed by atoms with Gasteiger partial charge in [0.05, 0.1) is 4.90 Å². The monoisotopic (exact) mass is 368 g/mol. The lowest BCUT2D eigenvalue weighted by Crippen LogP contribution is -2.46. The van der Waals surface area contributed by atoms with Gasteiger partial charge < -0.3 is 5.32 Å². The molecule has 0 saturated carbocycles. The van der Waals surface area contributed by atoms with Crippen LogP contribution in [-0.4, -0.2) is 27.0 Å². The first kappa shape index (κ1) is 16.9. The minimum atomic E-state index is -3.40. The summed E-state index contributed by atoms with van der Waals surface area (Å²) in [7, 11) is -3.40. The average molecular weight is 370 g/mol. The minimum Gasteiger partial charge on any atom is -0.314 e. The highest BCUT2D eigenvalue weighted by molar-refractivity contribution is 9.10. The highest BCUT2D eigenvalue weighted by atomic mass is 79.9. The van der Waals surface area contributed by atoms with E-state index in [9.17, 15) is 8.42 Å². The molecule has 2 N–H and O–H groups in total. The van der Waals surface area contributed by atoms with Gasteiger partial charge in [0.1, 0.15) is 0 Å². The van der Waals surface area contributed by atoms with E-state index >= 15 is 0 Å². The van der Waals surface area contributed by atoms with Gasteiger partial charge in [-0.05, 0) is 50.6 Å². The Kier molecular flexibility index (Phi) is 6.26. The summed E-state index contributed by atoms with van der Waals surface area (Å²) in [6, 6.07) is 7.07. The fraction of sp³-hybridized carbons (Fsp3) is 0.500. The van der Waals surface area contributed by atoms with E-state index in [1.165, 1.54) is 0 Å². The second-order valence-electron chi connectivity index (χ2n) is 4.65. The van der Waals surface area contributed by atoms with E-state index in [2.05, 4.69) is 32.9 Å². The molecule has 2 rings (SSSR count). The van der Waals surface area contributed by atoms with Crippen molar-refractivity contribution in [2.75, 3.05) is 6.54 Å². The van der Waals surface area contributed by atoms with Crippen LogP contribution in [0.4, 0.5) is 0 Å². The van der Waals surface area contributed by atoms with Crippen molar-refractivity contribution in [3.05, 3.63) is 28.7 Å². The average Bonchev–Trinajstić information content (AvgIpc) is 2.29. The Morgan fingerprint density at radius 3 is 2.53 bits per heavy atom. The lowest BCUT2D eigenvalue weighted by atomic mass is 10.0. The first-order chi connectivity index (χ1) is 8.47. The molecule has 19 heavy (non-hydrogen) atoms. The molecule has 0 aliphatic carbocycles. The van der Waals surface area contributed by atoms with E-state index in [-0.39, 0.29) is 18.4 Å². The van der Waals surface area contributed by atoms with Crippen LogP contribution in [0.1, 0.15) is 19.8 Å². The smallest absolute Gasteiger partial charge is 0.240 e. The third-order valence-corrected chi connectivity index (χ3v) is 5.13. The molecular formula is C12H18BrClN2O2S. The Morgan fingerprint density at radius 2 is 1.95 bits per heavy atom. The van der Waals surface area contributed by atoms with Crippen molar-refractivity contribution >= 4 is 38.4 Å². The standard InChI is InChI=1S/C12H17BrN2O2S.ClH/c1-9-8-11(6-7-14-9)15-18(16,17)12-4-2-10(13)3-5-12;/h2-5,9,11,14-15H,6-8H2,1H3;1H. The van der Waals surface area contributed by atoms with Gasteiger partial charge in [-0.1, -0.05) is 15.9 Å². The molecule has 0 radical (unpaired) electrons. The molecule has 0 aromatic heterocycles. The fourth-order valence-electron chi connectivity index (χ4n) is 2.14. The van der Waals surface area contributed by atoms with Gasteiger partial charge in [-0.15, -0.1) is 12.4 Å². The fourth-order valence-corrected chi connectivity index (χ4v) is 3.69. The largest absolute Gasteiger partial charge is 0.314 e. The first-order valence-electron chi connectivity index (χ1n) is 5.98. The summed E-state index contributed by atoms with van der Waals surface area (Å²) in [6.07, 6.45) is 1.66. The molecule has 2 unspecified atom stereocenters. The van der Waals surface area contributed by atoms with E-state index < -0.39 is 10.0 Å². The van der Waals surface area contributed by atoms with Gasteiger partial charge in [-0.2, -0.15) is 0 Å². The van der Waals surface area contributed by atoms with Crippen molar-refractivity contribution in [1.82, 2.24) is 10.0 Å². The lowest BCUT2D eigenvalue weighted by molar-refractivity contribution is 0.361. The van der Waals surface area contributed by atoms with Crippen molar-refractivity contribution in [2.45, 2.75) is 36.7 Å². The number of piperidine rings is 1. The normalized spacial score (nSPS) is 23.7. The molecule has 1 saturated heterocycles. The predicted molar refractivity (Wildman–Crippen MR) is 82.2 cm³/mol. The Morgan fingerprint density at radius 1 is 1.32 bits per heavy atom. The Hall–Kier alpha value is -0.140. The summed E-state index contributed by atoms with van der Waals surface area (Å²) in [6.45, 7) is 2.93. The van der Waals surface area contributed by atoms with Crippen LogP contribution in [0.5, 0.6) is 0 Å². The summed E-state index contributed by atoms with van der Waals surface area (Å²) >= 11 is 3.30. The van der Waals surface area contributed by atoms with Crippen LogP contribution in [0.15, 0.2) is 33.6 Å². The van der Waals surface area contributed by atoms with Crippen molar-refractivity contribution in [1.29, 1.82) is 0 Å². The molecule has 0 bridgehead atoms. The number of hydrogen-bond acceptors (Lipinski definition) is 3. The Bertz CT molecular complexity index is 507. The van der Waals surface area contributed by atoms with Crippen LogP contribution in [0.25, 0.3) is 0 Å². The van der Waals surface area contributed by atoms with Crippen LogP contribution in [0, 0.1) is 0 Å². The number of hydrogen-bond donors (Lipinski definition) is 2. The van der Waals surface area contributed by atoms with E-state index in [4.69, 9.17) is 0 Å². The van der Waals surface area contributed by atoms with Gasteiger partial charge in [-0.25, -0.2) is 13.1 Å². The maximum Gasteiger partial charge on any atom is 0.240 e. The first-order valence-corrected chi connectivity index (χ1v) is 8.26. The summed E-state index contributed by atoms with van der Waals surface area (Å²) in [5.41, 5.74) is 0. The third-order valence-electron chi connectivity index (χ3n) is 3.07. The van der Waals surface area contributed by atoms with Crippen LogP contribution in [0.2, 0.25) is 0 Å². The van der Waals surface area contributed by atoms with Crippen LogP contribution in [0.3, 0.4) is 0 Å². The zero-order chi connectivity index (χ0) is 13.2. The molecule has 1 heterocycles. The SMILES string of the molecule is CC1CC(NS(=O)(=O)c2ccc(Br)cc2)CCN1.Cl. The maximum atomic E-state index is 12.2. The number of nitrogens with one attached hydrogen (secondary N) is 2. The third kappa shape index (κ3) is 4.72. The molecule has 1 aliphatic heterocycles. The van der Waals surface area contributed by atoms with Crippen molar-refractivity contribution in [3.8, 4) is 0 Å². The summed E-state index contributed by atoms with van der Waals surface area (Å²) in [5, 5.41) is 3.30. The quantitative estimate of drug-likeness (QED) is 0.859. The van der Waals surface area contributed by atoms with Crippen molar-refractivity contribution in [2.24, 2.45) is 0 Å². The van der Waals surface area contributed by atoms with Crippen LogP contribution in [-0.2, 0) is 10.0 Å². The topological polar surface area (TPSA) is 58.2 Å². The molecule has 108 valence electrons. The van der Waals surface area contributed by atoms with E-state index in [0.29, 0.717) is 10.9 Å². The predicted octanol–water partition coefficient (Wildman–Crippen LogP) is 2.29. The number of sulfonamides is 1. The summed E-state index contributed by atoms with van der Waals surface area (Å²) < 4.78 is 28.0. The van der Waals surface area contributed by atoms with Gasteiger partial charge in [0.2, 0.25) is 10.0 Å². The van der Waals surface area contributed by atoms with Gasteiger partial charge >= 0.3 is 0 Å². The lowest BCUT2D eigenvalue weighted by Gasteiger charge is -2.28. The van der Waals surface area contributed by atoms with Gasteiger partial charge in [-0.3, -0.25) is 0 Å².